The Morgan fingerprint density at radius 1 is 1.35 bits per heavy atom. The monoisotopic (exact) mass is 306 g/mol. The molecule has 2 aliphatic rings. The molecular formula is C18H18N4O. The van der Waals surface area contributed by atoms with Gasteiger partial charge in [0.05, 0.1) is 17.9 Å². The molecule has 2 aromatic rings. The number of fused-ring (bicyclic) bond motifs is 2. The predicted octanol–water partition coefficient (Wildman–Crippen LogP) is 3.18. The quantitative estimate of drug-likeness (QED) is 0.879. The van der Waals surface area contributed by atoms with Crippen LogP contribution in [0.5, 0.6) is 5.75 Å². The van der Waals surface area contributed by atoms with E-state index < -0.39 is 0 Å². The van der Waals surface area contributed by atoms with Gasteiger partial charge in [0.2, 0.25) is 0 Å². The normalized spacial score (nSPS) is 18.9. The molecule has 1 unspecified atom stereocenters. The molecule has 0 saturated heterocycles. The van der Waals surface area contributed by atoms with Crippen molar-refractivity contribution in [2.24, 2.45) is 4.99 Å². The minimum absolute atomic E-state index is 0.0334. The van der Waals surface area contributed by atoms with Crippen molar-refractivity contribution in [1.82, 2.24) is 4.98 Å². The van der Waals surface area contributed by atoms with Crippen molar-refractivity contribution in [3.05, 3.63) is 60.1 Å². The highest BCUT2D eigenvalue weighted by molar-refractivity contribution is 6.09. The summed E-state index contributed by atoms with van der Waals surface area (Å²) in [5.74, 6) is 1.65. The highest BCUT2D eigenvalue weighted by Gasteiger charge is 2.24. The molecule has 0 amide bonds. The van der Waals surface area contributed by atoms with E-state index in [9.17, 15) is 0 Å². The van der Waals surface area contributed by atoms with Crippen LogP contribution in [0.1, 0.15) is 18.2 Å². The number of ether oxygens (including phenoxy) is 1. The van der Waals surface area contributed by atoms with Crippen molar-refractivity contribution in [3.63, 3.8) is 0 Å². The Balaban J connectivity index is 1.63. The number of hydrogen-bond donors (Lipinski definition) is 1. The van der Waals surface area contributed by atoms with E-state index in [0.29, 0.717) is 6.54 Å². The summed E-state index contributed by atoms with van der Waals surface area (Å²) in [6, 6.07) is 10.0. The van der Waals surface area contributed by atoms with Gasteiger partial charge in [-0.2, -0.15) is 0 Å². The number of rotatable bonds is 1. The molecule has 116 valence electrons. The van der Waals surface area contributed by atoms with Crippen LogP contribution in [-0.2, 0) is 6.54 Å². The zero-order valence-corrected chi connectivity index (χ0v) is 13.2. The van der Waals surface area contributed by atoms with Crippen LogP contribution in [0.15, 0.2) is 53.8 Å². The molecule has 0 saturated carbocycles. The van der Waals surface area contributed by atoms with Crippen molar-refractivity contribution < 1.29 is 4.74 Å². The van der Waals surface area contributed by atoms with Crippen molar-refractivity contribution >= 4 is 17.2 Å². The van der Waals surface area contributed by atoms with Crippen molar-refractivity contribution in [2.45, 2.75) is 19.6 Å². The van der Waals surface area contributed by atoms with Crippen LogP contribution in [-0.4, -0.2) is 24.0 Å². The average molecular weight is 306 g/mol. The Morgan fingerprint density at radius 3 is 3.09 bits per heavy atom. The Labute approximate surface area is 135 Å². The van der Waals surface area contributed by atoms with E-state index >= 15 is 0 Å². The van der Waals surface area contributed by atoms with Crippen LogP contribution in [0, 0.1) is 0 Å². The van der Waals surface area contributed by atoms with Gasteiger partial charge in [-0.3, -0.25) is 9.98 Å². The van der Waals surface area contributed by atoms with Crippen LogP contribution < -0.4 is 15.0 Å². The molecular weight excluding hydrogens is 288 g/mol. The lowest BCUT2D eigenvalue weighted by molar-refractivity contribution is 0.245. The Morgan fingerprint density at radius 2 is 2.22 bits per heavy atom. The SMILES string of the molecule is C=C1C(C)Oc2cc(NC3=NCc4cccnc43)ccc2N1C. The standard InChI is InChI=1S/C18H18N4O/c1-11-12(2)23-16-9-14(6-7-15(16)22(11)3)21-18-17-13(10-20-18)5-4-8-19-17/h4-9,12H,1,10H2,2-3H3,(H,20,21). The molecule has 1 aromatic carbocycles. The fourth-order valence-electron chi connectivity index (χ4n) is 2.90. The number of anilines is 2. The maximum atomic E-state index is 5.95. The molecule has 5 heteroatoms. The number of aromatic nitrogens is 1. The molecule has 4 rings (SSSR count). The molecule has 1 aromatic heterocycles. The lowest BCUT2D eigenvalue weighted by Crippen LogP contribution is -2.32. The number of pyridine rings is 1. The van der Waals surface area contributed by atoms with Crippen LogP contribution in [0.25, 0.3) is 0 Å². The maximum Gasteiger partial charge on any atom is 0.152 e. The Bertz CT molecular complexity index is 828. The van der Waals surface area contributed by atoms with E-state index in [0.717, 1.165) is 39.9 Å². The third-order valence-electron chi connectivity index (χ3n) is 4.31. The molecule has 1 N–H and O–H groups in total. The van der Waals surface area contributed by atoms with E-state index in [1.54, 1.807) is 6.20 Å². The smallest absolute Gasteiger partial charge is 0.152 e. The number of hydrogen-bond acceptors (Lipinski definition) is 5. The summed E-state index contributed by atoms with van der Waals surface area (Å²) >= 11 is 0. The van der Waals surface area contributed by atoms with E-state index in [4.69, 9.17) is 4.74 Å². The van der Waals surface area contributed by atoms with Gasteiger partial charge in [0.25, 0.3) is 0 Å². The zero-order valence-electron chi connectivity index (χ0n) is 13.2. The fraction of sp³-hybridized carbons (Fsp3) is 0.222. The van der Waals surface area contributed by atoms with Gasteiger partial charge in [0.15, 0.2) is 5.84 Å². The molecule has 0 aliphatic carbocycles. The second kappa shape index (κ2) is 5.12. The molecule has 1 atom stereocenters. The summed E-state index contributed by atoms with van der Waals surface area (Å²) in [6.45, 7) is 6.74. The highest BCUT2D eigenvalue weighted by atomic mass is 16.5. The number of amidine groups is 1. The summed E-state index contributed by atoms with van der Waals surface area (Å²) in [5.41, 5.74) is 4.98. The largest absolute Gasteiger partial charge is 0.482 e. The van der Waals surface area contributed by atoms with E-state index in [-0.39, 0.29) is 6.10 Å². The third-order valence-corrected chi connectivity index (χ3v) is 4.31. The van der Waals surface area contributed by atoms with Gasteiger partial charge >= 0.3 is 0 Å². The molecule has 23 heavy (non-hydrogen) atoms. The number of aliphatic imine (C=N–C) groups is 1. The second-order valence-electron chi connectivity index (χ2n) is 5.79. The van der Waals surface area contributed by atoms with E-state index in [1.807, 2.05) is 38.2 Å². The summed E-state index contributed by atoms with van der Waals surface area (Å²) in [6.07, 6.45) is 1.76. The van der Waals surface area contributed by atoms with Gasteiger partial charge in [0.1, 0.15) is 17.5 Å². The predicted molar refractivity (Wildman–Crippen MR) is 92.2 cm³/mol. The Hall–Kier alpha value is -2.82. The summed E-state index contributed by atoms with van der Waals surface area (Å²) in [4.78, 5) is 11.0. The fourth-order valence-corrected chi connectivity index (χ4v) is 2.90. The van der Waals surface area contributed by atoms with Gasteiger partial charge in [-0.05, 0) is 25.1 Å². The third kappa shape index (κ3) is 2.25. The summed E-state index contributed by atoms with van der Waals surface area (Å²) in [5, 5.41) is 3.35. The first-order chi connectivity index (χ1) is 11.1. The van der Waals surface area contributed by atoms with Crippen molar-refractivity contribution in [3.8, 4) is 5.75 Å². The van der Waals surface area contributed by atoms with Gasteiger partial charge in [-0.15, -0.1) is 0 Å². The summed E-state index contributed by atoms with van der Waals surface area (Å²) < 4.78 is 5.95. The van der Waals surface area contributed by atoms with Crippen LogP contribution >= 0.6 is 0 Å². The Kier molecular flexibility index (Phi) is 3.08. The summed E-state index contributed by atoms with van der Waals surface area (Å²) in [7, 11) is 2.01. The lowest BCUT2D eigenvalue weighted by Gasteiger charge is -2.34. The first kappa shape index (κ1) is 13.8. The number of nitrogens with zero attached hydrogens (tertiary/aromatic N) is 3. The second-order valence-corrected chi connectivity index (χ2v) is 5.79. The van der Waals surface area contributed by atoms with E-state index in [2.05, 4.69) is 32.8 Å². The molecule has 0 bridgehead atoms. The number of nitrogens with one attached hydrogen (secondary N) is 1. The number of benzene rings is 1. The van der Waals surface area contributed by atoms with Crippen LogP contribution in [0.4, 0.5) is 11.4 Å². The lowest BCUT2D eigenvalue weighted by atomic mass is 10.1. The van der Waals surface area contributed by atoms with Gasteiger partial charge < -0.3 is 15.0 Å². The molecule has 3 heterocycles. The molecule has 0 spiro atoms. The zero-order chi connectivity index (χ0) is 16.0. The number of likely N-dealkylation sites (N-methyl/N-ethyl adjacent to an activating group) is 1. The first-order valence-electron chi connectivity index (χ1n) is 7.62. The minimum atomic E-state index is -0.0334. The van der Waals surface area contributed by atoms with Gasteiger partial charge in [0, 0.05) is 30.6 Å². The van der Waals surface area contributed by atoms with Crippen molar-refractivity contribution in [2.75, 3.05) is 17.3 Å². The molecule has 5 nitrogen and oxygen atoms in total. The van der Waals surface area contributed by atoms with Gasteiger partial charge in [-0.1, -0.05) is 12.6 Å². The van der Waals surface area contributed by atoms with Gasteiger partial charge in [-0.25, -0.2) is 0 Å². The van der Waals surface area contributed by atoms with Crippen LogP contribution in [0.3, 0.4) is 0 Å². The molecule has 2 aliphatic heterocycles. The molecule has 0 fully saturated rings. The maximum absolute atomic E-state index is 5.95. The minimum Gasteiger partial charge on any atom is -0.482 e. The average Bonchev–Trinajstić information content (AvgIpc) is 2.96. The topological polar surface area (TPSA) is 49.8 Å². The van der Waals surface area contributed by atoms with E-state index in [1.165, 1.54) is 0 Å². The van der Waals surface area contributed by atoms with Crippen molar-refractivity contribution in [1.29, 1.82) is 0 Å². The first-order valence-corrected chi connectivity index (χ1v) is 7.62. The molecule has 0 radical (unpaired) electrons. The highest BCUT2D eigenvalue weighted by Crippen LogP contribution is 2.38. The van der Waals surface area contributed by atoms with Crippen LogP contribution in [0.2, 0.25) is 0 Å².